The first-order valence-electron chi connectivity index (χ1n) is 15.8. The molecule has 39 heavy (non-hydrogen) atoms. The summed E-state index contributed by atoms with van der Waals surface area (Å²) in [5, 5.41) is 0. The summed E-state index contributed by atoms with van der Waals surface area (Å²) in [5.41, 5.74) is 0. The van der Waals surface area contributed by atoms with E-state index >= 15 is 0 Å². The van der Waals surface area contributed by atoms with Gasteiger partial charge in [-0.2, -0.15) is 0 Å². The van der Waals surface area contributed by atoms with Gasteiger partial charge in [-0.05, 0) is 51.4 Å². The molecule has 0 radical (unpaired) electrons. The van der Waals surface area contributed by atoms with E-state index in [0.717, 1.165) is 83.5 Å². The van der Waals surface area contributed by atoms with Crippen molar-refractivity contribution in [2.75, 3.05) is 13.2 Å². The Morgan fingerprint density at radius 3 is 1.46 bits per heavy atom. The van der Waals surface area contributed by atoms with Gasteiger partial charge in [0.1, 0.15) is 13.2 Å². The molecule has 0 saturated heterocycles. The van der Waals surface area contributed by atoms with Crippen molar-refractivity contribution in [3.05, 3.63) is 24.3 Å². The number of carbonyl (C=O) groups is 3. The molecule has 226 valence electrons. The number of ether oxygens (including phenoxy) is 3. The molecule has 0 fully saturated rings. The smallest absolute Gasteiger partial charge is 0.306 e. The highest BCUT2D eigenvalue weighted by atomic mass is 16.6. The van der Waals surface area contributed by atoms with Crippen LogP contribution in [0.4, 0.5) is 0 Å². The Bertz CT molecular complexity index is 629. The lowest BCUT2D eigenvalue weighted by molar-refractivity contribution is -0.167. The lowest BCUT2D eigenvalue weighted by Gasteiger charge is -2.18. The van der Waals surface area contributed by atoms with E-state index < -0.39 is 6.10 Å². The molecule has 0 aliphatic rings. The number of rotatable bonds is 27. The number of carbonyl (C=O) groups excluding carboxylic acids is 3. The summed E-state index contributed by atoms with van der Waals surface area (Å²) in [6.07, 6.45) is 27.2. The molecule has 6 heteroatoms. The first kappa shape index (κ1) is 36.9. The van der Waals surface area contributed by atoms with Gasteiger partial charge < -0.3 is 14.2 Å². The molecule has 0 aromatic carbocycles. The fraction of sp³-hybridized carbons (Fsp3) is 0.788. The van der Waals surface area contributed by atoms with Crippen LogP contribution < -0.4 is 0 Å². The summed E-state index contributed by atoms with van der Waals surface area (Å²) < 4.78 is 16.1. The second-order valence-corrected chi connectivity index (χ2v) is 10.4. The van der Waals surface area contributed by atoms with Gasteiger partial charge in [-0.3, -0.25) is 14.4 Å². The molecular formula is C33H58O6. The maximum Gasteiger partial charge on any atom is 0.306 e. The van der Waals surface area contributed by atoms with E-state index in [1.165, 1.54) is 25.7 Å². The van der Waals surface area contributed by atoms with Crippen molar-refractivity contribution in [3.63, 3.8) is 0 Å². The minimum absolute atomic E-state index is 0.0822. The predicted molar refractivity (Wildman–Crippen MR) is 159 cm³/mol. The lowest BCUT2D eigenvalue weighted by Crippen LogP contribution is -2.30. The molecule has 0 saturated carbocycles. The predicted octanol–water partition coefficient (Wildman–Crippen LogP) is 8.96. The maximum atomic E-state index is 12.4. The highest BCUT2D eigenvalue weighted by molar-refractivity contribution is 5.71. The Hall–Kier alpha value is -2.11. The van der Waals surface area contributed by atoms with Crippen LogP contribution >= 0.6 is 0 Å². The van der Waals surface area contributed by atoms with Crippen molar-refractivity contribution >= 4 is 17.9 Å². The second kappa shape index (κ2) is 28.9. The van der Waals surface area contributed by atoms with Crippen molar-refractivity contribution in [1.29, 1.82) is 0 Å². The number of allylic oxidation sites excluding steroid dienone is 4. The van der Waals surface area contributed by atoms with Gasteiger partial charge in [0.15, 0.2) is 6.10 Å². The molecule has 0 aromatic heterocycles. The average molecular weight is 551 g/mol. The van der Waals surface area contributed by atoms with Crippen LogP contribution in [0.25, 0.3) is 0 Å². The molecular weight excluding hydrogens is 492 g/mol. The quantitative estimate of drug-likeness (QED) is 0.0439. The number of unbranched alkanes of at least 4 members (excludes halogenated alkanes) is 12. The zero-order valence-electron chi connectivity index (χ0n) is 25.4. The van der Waals surface area contributed by atoms with Crippen molar-refractivity contribution in [3.8, 4) is 0 Å². The maximum absolute atomic E-state index is 12.4. The standard InChI is InChI=1S/C33H58O6/c1-4-7-10-11-12-13-14-15-16-17-18-19-20-21-24-27-33(36)39-30(28-37-31(34)25-22-8-5-2)29-38-32(35)26-23-9-6-3/h12-13,15-16,30H,4-11,14,17-29H2,1-3H3/b13-12-,16-15-. The van der Waals surface area contributed by atoms with Crippen molar-refractivity contribution < 1.29 is 28.6 Å². The largest absolute Gasteiger partial charge is 0.462 e. The molecule has 0 amide bonds. The first-order valence-corrected chi connectivity index (χ1v) is 15.8. The molecule has 0 N–H and O–H groups in total. The van der Waals surface area contributed by atoms with Crippen LogP contribution in [-0.2, 0) is 28.6 Å². The fourth-order valence-electron chi connectivity index (χ4n) is 4.00. The number of hydrogen-bond donors (Lipinski definition) is 0. The Balaban J connectivity index is 4.14. The van der Waals surface area contributed by atoms with Gasteiger partial charge in [0.2, 0.25) is 0 Å². The van der Waals surface area contributed by atoms with Gasteiger partial charge in [-0.1, -0.05) is 103 Å². The van der Waals surface area contributed by atoms with Crippen LogP contribution in [-0.4, -0.2) is 37.2 Å². The summed E-state index contributed by atoms with van der Waals surface area (Å²) >= 11 is 0. The van der Waals surface area contributed by atoms with E-state index in [0.29, 0.717) is 19.3 Å². The van der Waals surface area contributed by atoms with Crippen LogP contribution in [0.5, 0.6) is 0 Å². The molecule has 0 heterocycles. The SMILES string of the molecule is CCCCC/C=C\C/C=C\CCCCCCCC(=O)OC(COC(=O)CCCCC)COC(=O)CCCCC. The van der Waals surface area contributed by atoms with Gasteiger partial charge >= 0.3 is 17.9 Å². The highest BCUT2D eigenvalue weighted by Gasteiger charge is 2.19. The normalized spacial score (nSPS) is 11.5. The van der Waals surface area contributed by atoms with E-state index in [-0.39, 0.29) is 31.1 Å². The van der Waals surface area contributed by atoms with Crippen LogP contribution in [0.3, 0.4) is 0 Å². The third-order valence-electron chi connectivity index (χ3n) is 6.46. The summed E-state index contributed by atoms with van der Waals surface area (Å²) in [7, 11) is 0. The molecule has 0 atom stereocenters. The molecule has 0 rings (SSSR count). The molecule has 0 spiro atoms. The fourth-order valence-corrected chi connectivity index (χ4v) is 4.00. The van der Waals surface area contributed by atoms with Crippen molar-refractivity contribution in [1.82, 2.24) is 0 Å². The van der Waals surface area contributed by atoms with Crippen LogP contribution in [0.2, 0.25) is 0 Å². The van der Waals surface area contributed by atoms with Crippen LogP contribution in [0.15, 0.2) is 24.3 Å². The second-order valence-electron chi connectivity index (χ2n) is 10.4. The van der Waals surface area contributed by atoms with Gasteiger partial charge in [0, 0.05) is 19.3 Å². The van der Waals surface area contributed by atoms with Gasteiger partial charge in [-0.15, -0.1) is 0 Å². The molecule has 0 bridgehead atoms. The van der Waals surface area contributed by atoms with Crippen LogP contribution in [0.1, 0.15) is 149 Å². The summed E-state index contributed by atoms with van der Waals surface area (Å²) in [6.45, 7) is 6.21. The summed E-state index contributed by atoms with van der Waals surface area (Å²) in [6, 6.07) is 0. The van der Waals surface area contributed by atoms with E-state index in [1.54, 1.807) is 0 Å². The highest BCUT2D eigenvalue weighted by Crippen LogP contribution is 2.11. The number of hydrogen-bond acceptors (Lipinski definition) is 6. The topological polar surface area (TPSA) is 78.9 Å². The van der Waals surface area contributed by atoms with Gasteiger partial charge in [0.25, 0.3) is 0 Å². The zero-order chi connectivity index (χ0) is 28.8. The Morgan fingerprint density at radius 1 is 0.513 bits per heavy atom. The Labute approximate surface area is 239 Å². The van der Waals surface area contributed by atoms with E-state index in [4.69, 9.17) is 14.2 Å². The third-order valence-corrected chi connectivity index (χ3v) is 6.46. The van der Waals surface area contributed by atoms with Crippen LogP contribution in [0, 0.1) is 0 Å². The van der Waals surface area contributed by atoms with Crippen molar-refractivity contribution in [2.45, 2.75) is 155 Å². The molecule has 0 aliphatic heterocycles. The van der Waals surface area contributed by atoms with E-state index in [9.17, 15) is 14.4 Å². The van der Waals surface area contributed by atoms with E-state index in [1.807, 2.05) is 0 Å². The average Bonchev–Trinajstić information content (AvgIpc) is 2.92. The van der Waals surface area contributed by atoms with Gasteiger partial charge in [-0.25, -0.2) is 0 Å². The third kappa shape index (κ3) is 27.3. The number of esters is 3. The lowest BCUT2D eigenvalue weighted by atomic mass is 10.1. The zero-order valence-corrected chi connectivity index (χ0v) is 25.4. The minimum atomic E-state index is -0.763. The minimum Gasteiger partial charge on any atom is -0.462 e. The first-order chi connectivity index (χ1) is 19.0. The van der Waals surface area contributed by atoms with Crippen molar-refractivity contribution in [2.24, 2.45) is 0 Å². The molecule has 0 aliphatic carbocycles. The molecule has 0 unspecified atom stereocenters. The van der Waals surface area contributed by atoms with Gasteiger partial charge in [0.05, 0.1) is 0 Å². The molecule has 6 nitrogen and oxygen atoms in total. The molecule has 0 aromatic rings. The summed E-state index contributed by atoms with van der Waals surface area (Å²) in [5.74, 6) is -0.963. The summed E-state index contributed by atoms with van der Waals surface area (Å²) in [4.78, 5) is 36.3. The monoisotopic (exact) mass is 550 g/mol. The Morgan fingerprint density at radius 2 is 0.923 bits per heavy atom. The Kier molecular flexibility index (Phi) is 27.3. The van der Waals surface area contributed by atoms with E-state index in [2.05, 4.69) is 45.1 Å².